The molecular weight excluding hydrogens is 238 g/mol. The molecule has 0 aliphatic heterocycles. The van der Waals surface area contributed by atoms with E-state index in [-0.39, 0.29) is 12.1 Å². The molecule has 1 atom stereocenters. The zero-order valence-electron chi connectivity index (χ0n) is 9.97. The summed E-state index contributed by atoms with van der Waals surface area (Å²) in [6.45, 7) is 1.90. The Balaban J connectivity index is 2.68. The second kappa shape index (κ2) is 6.53. The molecule has 0 radical (unpaired) electrons. The molecule has 0 spiro atoms. The van der Waals surface area contributed by atoms with Crippen molar-refractivity contribution < 1.29 is 14.7 Å². The molecule has 1 aromatic rings. The monoisotopic (exact) mass is 253 g/mol. The van der Waals surface area contributed by atoms with Crippen molar-refractivity contribution >= 4 is 11.9 Å². The Morgan fingerprint density at radius 2 is 2.22 bits per heavy atom. The minimum absolute atomic E-state index is 0.0566. The SMILES string of the molecule is CCCC(CC(=O)O)NC(=O)c1ccc(=O)[nH]n1. The maximum Gasteiger partial charge on any atom is 0.305 e. The van der Waals surface area contributed by atoms with Gasteiger partial charge in [0.1, 0.15) is 5.69 Å². The van der Waals surface area contributed by atoms with Crippen LogP contribution < -0.4 is 10.9 Å². The molecule has 1 heterocycles. The van der Waals surface area contributed by atoms with Gasteiger partial charge in [0, 0.05) is 12.1 Å². The van der Waals surface area contributed by atoms with Crippen LogP contribution in [-0.4, -0.2) is 33.2 Å². The summed E-state index contributed by atoms with van der Waals surface area (Å²) in [6.07, 6.45) is 1.20. The fraction of sp³-hybridized carbons (Fsp3) is 0.455. The van der Waals surface area contributed by atoms with Gasteiger partial charge in [-0.05, 0) is 12.5 Å². The third-order valence-electron chi connectivity index (χ3n) is 2.31. The van der Waals surface area contributed by atoms with Gasteiger partial charge in [-0.15, -0.1) is 0 Å². The summed E-state index contributed by atoms with van der Waals surface area (Å²) in [5.74, 6) is -1.46. The maximum absolute atomic E-state index is 11.7. The molecule has 1 amide bonds. The molecule has 0 aliphatic rings. The Bertz CT molecular complexity index is 463. The lowest BCUT2D eigenvalue weighted by atomic mass is 10.1. The number of aromatic nitrogens is 2. The molecule has 0 fully saturated rings. The molecule has 0 aromatic carbocycles. The lowest BCUT2D eigenvalue weighted by Crippen LogP contribution is -2.37. The van der Waals surface area contributed by atoms with Crippen LogP contribution >= 0.6 is 0 Å². The van der Waals surface area contributed by atoms with Gasteiger partial charge in [0.15, 0.2) is 0 Å². The average molecular weight is 253 g/mol. The molecule has 18 heavy (non-hydrogen) atoms. The van der Waals surface area contributed by atoms with Crippen molar-refractivity contribution in [3.63, 3.8) is 0 Å². The minimum Gasteiger partial charge on any atom is -0.481 e. The number of carboxylic acid groups (broad SMARTS) is 1. The number of carbonyl (C=O) groups is 2. The van der Waals surface area contributed by atoms with Gasteiger partial charge in [-0.2, -0.15) is 5.10 Å². The smallest absolute Gasteiger partial charge is 0.305 e. The molecule has 3 N–H and O–H groups in total. The summed E-state index contributed by atoms with van der Waals surface area (Å²) >= 11 is 0. The number of amides is 1. The summed E-state index contributed by atoms with van der Waals surface area (Å²) in [6, 6.07) is 2.04. The molecule has 98 valence electrons. The fourth-order valence-corrected chi connectivity index (χ4v) is 1.51. The zero-order valence-corrected chi connectivity index (χ0v) is 9.97. The highest BCUT2D eigenvalue weighted by molar-refractivity contribution is 5.92. The molecule has 0 bridgehead atoms. The van der Waals surface area contributed by atoms with E-state index < -0.39 is 23.5 Å². The third kappa shape index (κ3) is 4.36. The Labute approximate surface area is 103 Å². The molecule has 7 nitrogen and oxygen atoms in total. The highest BCUT2D eigenvalue weighted by atomic mass is 16.4. The first-order valence-electron chi connectivity index (χ1n) is 5.61. The third-order valence-corrected chi connectivity index (χ3v) is 2.31. The normalized spacial score (nSPS) is 11.8. The first-order chi connectivity index (χ1) is 8.52. The number of carboxylic acids is 1. The number of aromatic amines is 1. The number of hydrogen-bond acceptors (Lipinski definition) is 4. The lowest BCUT2D eigenvalue weighted by molar-refractivity contribution is -0.137. The van der Waals surface area contributed by atoms with Crippen molar-refractivity contribution in [3.05, 3.63) is 28.2 Å². The van der Waals surface area contributed by atoms with Gasteiger partial charge in [-0.1, -0.05) is 13.3 Å². The number of carbonyl (C=O) groups excluding carboxylic acids is 1. The number of nitrogens with zero attached hydrogens (tertiary/aromatic N) is 1. The van der Waals surface area contributed by atoms with Crippen molar-refractivity contribution in [1.29, 1.82) is 0 Å². The van der Waals surface area contributed by atoms with Gasteiger partial charge < -0.3 is 10.4 Å². The van der Waals surface area contributed by atoms with Gasteiger partial charge in [0.2, 0.25) is 0 Å². The van der Waals surface area contributed by atoms with Crippen LogP contribution in [0.3, 0.4) is 0 Å². The Morgan fingerprint density at radius 1 is 1.50 bits per heavy atom. The molecule has 1 unspecified atom stereocenters. The van der Waals surface area contributed by atoms with E-state index in [4.69, 9.17) is 5.11 Å². The zero-order chi connectivity index (χ0) is 13.5. The molecule has 1 rings (SSSR count). The van der Waals surface area contributed by atoms with Crippen LogP contribution in [0.1, 0.15) is 36.7 Å². The van der Waals surface area contributed by atoms with E-state index in [2.05, 4.69) is 15.5 Å². The van der Waals surface area contributed by atoms with Crippen molar-refractivity contribution in [1.82, 2.24) is 15.5 Å². The molecule has 1 aromatic heterocycles. The molecule has 0 aliphatic carbocycles. The first kappa shape index (κ1) is 13.9. The van der Waals surface area contributed by atoms with Crippen molar-refractivity contribution in [2.24, 2.45) is 0 Å². The van der Waals surface area contributed by atoms with Crippen LogP contribution in [0.15, 0.2) is 16.9 Å². The van der Waals surface area contributed by atoms with E-state index in [0.29, 0.717) is 6.42 Å². The average Bonchev–Trinajstić information content (AvgIpc) is 2.29. The molecular formula is C11H15N3O4. The molecule has 7 heteroatoms. The number of aliphatic carboxylic acids is 1. The molecule has 0 saturated heterocycles. The summed E-state index contributed by atoms with van der Waals surface area (Å²) in [7, 11) is 0. The van der Waals surface area contributed by atoms with Crippen LogP contribution in [0.5, 0.6) is 0 Å². The minimum atomic E-state index is -0.969. The maximum atomic E-state index is 11.7. The van der Waals surface area contributed by atoms with Crippen LogP contribution in [0.4, 0.5) is 0 Å². The number of rotatable bonds is 6. The van der Waals surface area contributed by atoms with E-state index in [0.717, 1.165) is 6.42 Å². The van der Waals surface area contributed by atoms with Crippen molar-refractivity contribution in [2.75, 3.05) is 0 Å². The quantitative estimate of drug-likeness (QED) is 0.667. The van der Waals surface area contributed by atoms with Crippen LogP contribution in [0, 0.1) is 0 Å². The highest BCUT2D eigenvalue weighted by Gasteiger charge is 2.16. The predicted octanol–water partition coefficient (Wildman–Crippen LogP) is 0.143. The predicted molar refractivity (Wildman–Crippen MR) is 63.3 cm³/mol. The molecule has 0 saturated carbocycles. The lowest BCUT2D eigenvalue weighted by Gasteiger charge is -2.15. The number of H-pyrrole nitrogens is 1. The summed E-state index contributed by atoms with van der Waals surface area (Å²) in [5, 5.41) is 17.0. The van der Waals surface area contributed by atoms with Gasteiger partial charge in [0.05, 0.1) is 6.42 Å². The van der Waals surface area contributed by atoms with Gasteiger partial charge in [-0.3, -0.25) is 14.4 Å². The van der Waals surface area contributed by atoms with Gasteiger partial charge in [-0.25, -0.2) is 5.10 Å². The van der Waals surface area contributed by atoms with E-state index in [9.17, 15) is 14.4 Å². The van der Waals surface area contributed by atoms with Crippen molar-refractivity contribution in [2.45, 2.75) is 32.2 Å². The summed E-state index contributed by atoms with van der Waals surface area (Å²) in [4.78, 5) is 33.2. The largest absolute Gasteiger partial charge is 0.481 e. The van der Waals surface area contributed by atoms with Crippen molar-refractivity contribution in [3.8, 4) is 0 Å². The highest BCUT2D eigenvalue weighted by Crippen LogP contribution is 2.03. The van der Waals surface area contributed by atoms with Gasteiger partial charge in [0.25, 0.3) is 11.5 Å². The fourth-order valence-electron chi connectivity index (χ4n) is 1.51. The van der Waals surface area contributed by atoms with Gasteiger partial charge >= 0.3 is 5.97 Å². The van der Waals surface area contributed by atoms with Crippen LogP contribution in [0.25, 0.3) is 0 Å². The van der Waals surface area contributed by atoms with E-state index in [1.807, 2.05) is 6.92 Å². The Morgan fingerprint density at radius 3 is 2.72 bits per heavy atom. The topological polar surface area (TPSA) is 112 Å². The first-order valence-corrected chi connectivity index (χ1v) is 5.61. The summed E-state index contributed by atoms with van der Waals surface area (Å²) in [5.41, 5.74) is -0.344. The van der Waals surface area contributed by atoms with Crippen LogP contribution in [0.2, 0.25) is 0 Å². The standard InChI is InChI=1S/C11H15N3O4/c1-2-3-7(6-10(16)17)12-11(18)8-4-5-9(15)14-13-8/h4-5,7H,2-3,6H2,1H3,(H,12,18)(H,14,15)(H,16,17). The number of nitrogens with one attached hydrogen (secondary N) is 2. The van der Waals surface area contributed by atoms with E-state index in [1.165, 1.54) is 12.1 Å². The second-order valence-electron chi connectivity index (χ2n) is 3.86. The van der Waals surface area contributed by atoms with E-state index in [1.54, 1.807) is 0 Å². The number of hydrogen-bond donors (Lipinski definition) is 3. The Kier molecular flexibility index (Phi) is 5.04. The van der Waals surface area contributed by atoms with Crippen LogP contribution in [-0.2, 0) is 4.79 Å². The second-order valence-corrected chi connectivity index (χ2v) is 3.86. The summed E-state index contributed by atoms with van der Waals surface area (Å²) < 4.78 is 0. The van der Waals surface area contributed by atoms with E-state index >= 15 is 0 Å². The Hall–Kier alpha value is -2.18.